The monoisotopic (exact) mass is 181 g/mol. The van der Waals surface area contributed by atoms with E-state index in [0.29, 0.717) is 19.1 Å². The van der Waals surface area contributed by atoms with Crippen LogP contribution < -0.4 is 4.74 Å². The van der Waals surface area contributed by atoms with Gasteiger partial charge in [0.15, 0.2) is 0 Å². The molecule has 0 saturated heterocycles. The molecule has 0 saturated carbocycles. The van der Waals surface area contributed by atoms with Gasteiger partial charge in [-0.25, -0.2) is 4.98 Å². The smallest absolute Gasteiger partial charge is 0.213 e. The van der Waals surface area contributed by atoms with Gasteiger partial charge >= 0.3 is 0 Å². The molecule has 3 nitrogen and oxygen atoms in total. The summed E-state index contributed by atoms with van der Waals surface area (Å²) in [6.45, 7) is 5.14. The normalized spacial score (nSPS) is 10.1. The highest BCUT2D eigenvalue weighted by molar-refractivity contribution is 5.23. The number of nitrogens with zero attached hydrogens (tertiary/aromatic N) is 1. The van der Waals surface area contributed by atoms with Gasteiger partial charge in [-0.15, -0.1) is 0 Å². The summed E-state index contributed by atoms with van der Waals surface area (Å²) in [6.07, 6.45) is 0. The quantitative estimate of drug-likeness (QED) is 0.663. The van der Waals surface area contributed by atoms with Gasteiger partial charge in [0.05, 0.1) is 6.61 Å². The van der Waals surface area contributed by atoms with E-state index in [2.05, 4.69) is 4.98 Å². The van der Waals surface area contributed by atoms with E-state index < -0.39 is 0 Å². The van der Waals surface area contributed by atoms with Crippen LogP contribution in [0.15, 0.2) is 12.1 Å². The van der Waals surface area contributed by atoms with Crippen LogP contribution in [-0.2, 0) is 4.74 Å². The number of ether oxygens (including phenoxy) is 2. The van der Waals surface area contributed by atoms with Crippen LogP contribution in [0.2, 0.25) is 0 Å². The summed E-state index contributed by atoms with van der Waals surface area (Å²) >= 11 is 0. The lowest BCUT2D eigenvalue weighted by Gasteiger charge is -2.05. The maximum Gasteiger partial charge on any atom is 0.213 e. The summed E-state index contributed by atoms with van der Waals surface area (Å²) < 4.78 is 10.2. The second kappa shape index (κ2) is 4.82. The summed E-state index contributed by atoms with van der Waals surface area (Å²) in [5, 5.41) is 0. The molecule has 13 heavy (non-hydrogen) atoms. The summed E-state index contributed by atoms with van der Waals surface area (Å²) in [7, 11) is 1.65. The zero-order valence-electron chi connectivity index (χ0n) is 8.33. The third-order valence-corrected chi connectivity index (χ3v) is 1.86. The Balaban J connectivity index is 2.53. The maximum absolute atomic E-state index is 5.35. The summed E-state index contributed by atoms with van der Waals surface area (Å²) in [6, 6.07) is 3.88. The minimum atomic E-state index is 0.548. The Morgan fingerprint density at radius 3 is 2.62 bits per heavy atom. The largest absolute Gasteiger partial charge is 0.475 e. The molecule has 0 aliphatic carbocycles. The fourth-order valence-electron chi connectivity index (χ4n) is 0.918. The molecule has 0 radical (unpaired) electrons. The molecule has 1 rings (SSSR count). The van der Waals surface area contributed by atoms with Crippen molar-refractivity contribution in [1.29, 1.82) is 0 Å². The SMILES string of the molecule is COCCOc1ccc(C)c(C)n1. The molecule has 0 amide bonds. The van der Waals surface area contributed by atoms with Crippen molar-refractivity contribution in [2.75, 3.05) is 20.3 Å². The Bertz CT molecular complexity index is 274. The number of hydrogen-bond acceptors (Lipinski definition) is 3. The molecular formula is C10H15NO2. The van der Waals surface area contributed by atoms with E-state index in [1.54, 1.807) is 7.11 Å². The number of methoxy groups -OCH3 is 1. The lowest BCUT2D eigenvalue weighted by atomic mass is 10.2. The first-order valence-electron chi connectivity index (χ1n) is 4.30. The van der Waals surface area contributed by atoms with E-state index in [-0.39, 0.29) is 0 Å². The van der Waals surface area contributed by atoms with E-state index in [4.69, 9.17) is 9.47 Å². The minimum absolute atomic E-state index is 0.548. The van der Waals surface area contributed by atoms with Gasteiger partial charge < -0.3 is 9.47 Å². The van der Waals surface area contributed by atoms with Crippen molar-refractivity contribution in [3.63, 3.8) is 0 Å². The van der Waals surface area contributed by atoms with Gasteiger partial charge in [-0.2, -0.15) is 0 Å². The van der Waals surface area contributed by atoms with Gasteiger partial charge in [-0.3, -0.25) is 0 Å². The molecule has 0 bridgehead atoms. The van der Waals surface area contributed by atoms with Crippen LogP contribution in [0.4, 0.5) is 0 Å². The minimum Gasteiger partial charge on any atom is -0.475 e. The number of aryl methyl sites for hydroxylation is 2. The first-order valence-corrected chi connectivity index (χ1v) is 4.30. The first-order chi connectivity index (χ1) is 6.24. The highest BCUT2D eigenvalue weighted by Gasteiger charge is 1.97. The third kappa shape index (κ3) is 3.03. The van der Waals surface area contributed by atoms with Gasteiger partial charge in [0.2, 0.25) is 5.88 Å². The van der Waals surface area contributed by atoms with Crippen LogP contribution in [0.25, 0.3) is 0 Å². The van der Waals surface area contributed by atoms with Crippen molar-refractivity contribution in [3.8, 4) is 5.88 Å². The fraction of sp³-hybridized carbons (Fsp3) is 0.500. The highest BCUT2D eigenvalue weighted by atomic mass is 16.5. The molecule has 0 unspecified atom stereocenters. The van der Waals surface area contributed by atoms with Crippen LogP contribution >= 0.6 is 0 Å². The van der Waals surface area contributed by atoms with Crippen molar-refractivity contribution >= 4 is 0 Å². The Hall–Kier alpha value is -1.09. The highest BCUT2D eigenvalue weighted by Crippen LogP contribution is 2.10. The molecule has 0 atom stereocenters. The second-order valence-electron chi connectivity index (χ2n) is 2.89. The molecule has 0 aliphatic rings. The van der Waals surface area contributed by atoms with Crippen molar-refractivity contribution in [3.05, 3.63) is 23.4 Å². The molecule has 0 spiro atoms. The zero-order chi connectivity index (χ0) is 9.68. The van der Waals surface area contributed by atoms with E-state index in [1.165, 1.54) is 5.56 Å². The second-order valence-corrected chi connectivity index (χ2v) is 2.89. The number of aromatic nitrogens is 1. The van der Waals surface area contributed by atoms with E-state index in [9.17, 15) is 0 Å². The summed E-state index contributed by atoms with van der Waals surface area (Å²) in [5.41, 5.74) is 2.19. The fourth-order valence-corrected chi connectivity index (χ4v) is 0.918. The summed E-state index contributed by atoms with van der Waals surface area (Å²) in [4.78, 5) is 4.27. The molecule has 0 N–H and O–H groups in total. The van der Waals surface area contributed by atoms with Gasteiger partial charge in [0.1, 0.15) is 6.61 Å². The van der Waals surface area contributed by atoms with E-state index >= 15 is 0 Å². The lowest BCUT2D eigenvalue weighted by Crippen LogP contribution is -2.05. The van der Waals surface area contributed by atoms with Crippen molar-refractivity contribution < 1.29 is 9.47 Å². The average molecular weight is 181 g/mol. The van der Waals surface area contributed by atoms with Gasteiger partial charge in [-0.05, 0) is 19.4 Å². The predicted octanol–water partition coefficient (Wildman–Crippen LogP) is 1.72. The van der Waals surface area contributed by atoms with Gasteiger partial charge in [0.25, 0.3) is 0 Å². The van der Waals surface area contributed by atoms with Crippen LogP contribution in [0.1, 0.15) is 11.3 Å². The Labute approximate surface area is 78.7 Å². The molecule has 0 aliphatic heterocycles. The number of pyridine rings is 1. The standard InChI is InChI=1S/C10H15NO2/c1-8-4-5-10(11-9(8)2)13-7-6-12-3/h4-5H,6-7H2,1-3H3. The maximum atomic E-state index is 5.35. The van der Waals surface area contributed by atoms with Gasteiger partial charge in [-0.1, -0.05) is 6.07 Å². The van der Waals surface area contributed by atoms with Crippen molar-refractivity contribution in [2.24, 2.45) is 0 Å². The van der Waals surface area contributed by atoms with Crippen molar-refractivity contribution in [1.82, 2.24) is 4.98 Å². The molecule has 0 fully saturated rings. The van der Waals surface area contributed by atoms with Crippen LogP contribution in [0.3, 0.4) is 0 Å². The molecule has 1 aromatic rings. The molecule has 0 aromatic carbocycles. The van der Waals surface area contributed by atoms with Crippen LogP contribution in [-0.4, -0.2) is 25.3 Å². The molecule has 1 aromatic heterocycles. The molecular weight excluding hydrogens is 166 g/mol. The number of rotatable bonds is 4. The Morgan fingerprint density at radius 1 is 1.23 bits per heavy atom. The lowest BCUT2D eigenvalue weighted by molar-refractivity contribution is 0.143. The zero-order valence-corrected chi connectivity index (χ0v) is 8.33. The first kappa shape index (κ1) is 9.99. The average Bonchev–Trinajstić information content (AvgIpc) is 2.12. The molecule has 3 heteroatoms. The van der Waals surface area contributed by atoms with Gasteiger partial charge in [0, 0.05) is 18.9 Å². The Morgan fingerprint density at radius 2 is 2.00 bits per heavy atom. The van der Waals surface area contributed by atoms with Crippen molar-refractivity contribution in [2.45, 2.75) is 13.8 Å². The topological polar surface area (TPSA) is 31.4 Å². The van der Waals surface area contributed by atoms with E-state index in [1.807, 2.05) is 26.0 Å². The molecule has 1 heterocycles. The third-order valence-electron chi connectivity index (χ3n) is 1.86. The summed E-state index contributed by atoms with van der Waals surface area (Å²) in [5.74, 6) is 0.667. The van der Waals surface area contributed by atoms with Crippen LogP contribution in [0, 0.1) is 13.8 Å². The molecule has 72 valence electrons. The Kier molecular flexibility index (Phi) is 3.71. The van der Waals surface area contributed by atoms with E-state index in [0.717, 1.165) is 5.69 Å². The predicted molar refractivity (Wildman–Crippen MR) is 51.1 cm³/mol. The number of hydrogen-bond donors (Lipinski definition) is 0. The van der Waals surface area contributed by atoms with Crippen LogP contribution in [0.5, 0.6) is 5.88 Å².